The summed E-state index contributed by atoms with van der Waals surface area (Å²) in [5.41, 5.74) is 3.20. The predicted octanol–water partition coefficient (Wildman–Crippen LogP) is 2.24. The lowest BCUT2D eigenvalue weighted by atomic mass is 10.0. The Morgan fingerprint density at radius 1 is 1.55 bits per heavy atom. The minimum atomic E-state index is -0.156. The molecule has 0 aromatic heterocycles. The number of nitrogens with one attached hydrogen (secondary N) is 2. The van der Waals surface area contributed by atoms with Crippen LogP contribution in [-0.4, -0.2) is 38.1 Å². The van der Waals surface area contributed by atoms with Crippen LogP contribution in [0.5, 0.6) is 0 Å². The Morgan fingerprint density at radius 3 is 3.10 bits per heavy atom. The Kier molecular flexibility index (Phi) is 5.15. The number of fused-ring (bicyclic) bond motifs is 1. The van der Waals surface area contributed by atoms with Crippen molar-refractivity contribution in [2.24, 2.45) is 0 Å². The summed E-state index contributed by atoms with van der Waals surface area (Å²) in [5.74, 6) is 0.157. The molecule has 0 amide bonds. The predicted molar refractivity (Wildman–Crippen MR) is 81.5 cm³/mol. The van der Waals surface area contributed by atoms with Crippen molar-refractivity contribution in [2.75, 3.05) is 25.6 Å². The van der Waals surface area contributed by atoms with Gasteiger partial charge in [0.25, 0.3) is 0 Å². The van der Waals surface area contributed by atoms with Crippen molar-refractivity contribution < 1.29 is 9.53 Å². The Labute approximate surface area is 120 Å². The number of methoxy groups -OCH3 is 1. The van der Waals surface area contributed by atoms with Gasteiger partial charge in [-0.15, -0.1) is 0 Å². The van der Waals surface area contributed by atoms with Gasteiger partial charge in [0.2, 0.25) is 0 Å². The van der Waals surface area contributed by atoms with Crippen molar-refractivity contribution in [3.05, 3.63) is 29.3 Å². The van der Waals surface area contributed by atoms with E-state index in [1.54, 1.807) is 7.11 Å². The summed E-state index contributed by atoms with van der Waals surface area (Å²) < 4.78 is 5.00. The molecule has 2 rings (SSSR count). The summed E-state index contributed by atoms with van der Waals surface area (Å²) in [6, 6.07) is 6.27. The lowest BCUT2D eigenvalue weighted by molar-refractivity contribution is 0.0949. The number of carbonyl (C=O) groups excluding carboxylic acids is 1. The maximum atomic E-state index is 12.4. The molecule has 1 heterocycles. The lowest BCUT2D eigenvalue weighted by Gasteiger charge is -2.13. The highest BCUT2D eigenvalue weighted by Gasteiger charge is 2.20. The molecule has 2 unspecified atom stereocenters. The van der Waals surface area contributed by atoms with Gasteiger partial charge in [0.15, 0.2) is 5.78 Å². The van der Waals surface area contributed by atoms with E-state index < -0.39 is 0 Å². The van der Waals surface area contributed by atoms with Crippen LogP contribution >= 0.6 is 0 Å². The maximum absolute atomic E-state index is 12.4. The molecule has 0 radical (unpaired) electrons. The van der Waals surface area contributed by atoms with Gasteiger partial charge in [-0.1, -0.05) is 0 Å². The molecule has 0 aliphatic carbocycles. The Balaban J connectivity index is 1.94. The van der Waals surface area contributed by atoms with Crippen LogP contribution in [-0.2, 0) is 11.2 Å². The van der Waals surface area contributed by atoms with Gasteiger partial charge in [-0.05, 0) is 57.0 Å². The van der Waals surface area contributed by atoms with E-state index in [9.17, 15) is 4.79 Å². The summed E-state index contributed by atoms with van der Waals surface area (Å²) >= 11 is 0. The monoisotopic (exact) mass is 276 g/mol. The third kappa shape index (κ3) is 3.58. The molecule has 0 saturated carbocycles. The average molecular weight is 276 g/mol. The first-order chi connectivity index (χ1) is 9.61. The molecule has 0 fully saturated rings. The number of ether oxygens (including phenoxy) is 1. The Morgan fingerprint density at radius 2 is 2.35 bits per heavy atom. The molecule has 2 N–H and O–H groups in total. The summed E-state index contributed by atoms with van der Waals surface area (Å²) in [6.45, 7) is 5.59. The Hall–Kier alpha value is -1.39. The fourth-order valence-electron chi connectivity index (χ4n) is 2.58. The van der Waals surface area contributed by atoms with E-state index in [0.29, 0.717) is 6.04 Å². The van der Waals surface area contributed by atoms with Crippen LogP contribution < -0.4 is 10.6 Å². The van der Waals surface area contributed by atoms with Crippen molar-refractivity contribution in [3.63, 3.8) is 0 Å². The average Bonchev–Trinajstić information content (AvgIpc) is 2.81. The van der Waals surface area contributed by atoms with E-state index in [0.717, 1.165) is 37.2 Å². The normalized spacial score (nSPS) is 18.4. The molecular weight excluding hydrogens is 252 g/mol. The van der Waals surface area contributed by atoms with Crippen LogP contribution in [0, 0.1) is 0 Å². The third-order valence-electron chi connectivity index (χ3n) is 3.69. The SMILES string of the molecule is COCCCNC(C)C(=O)c1ccc2c(c1)CC(C)N2. The number of Topliss-reactive ketones (excluding diaryl/α,β-unsaturated/α-hetero) is 1. The van der Waals surface area contributed by atoms with Gasteiger partial charge in [0, 0.05) is 31.0 Å². The molecule has 1 aliphatic rings. The molecule has 4 nitrogen and oxygen atoms in total. The van der Waals surface area contributed by atoms with Crippen molar-refractivity contribution in [3.8, 4) is 0 Å². The summed E-state index contributed by atoms with van der Waals surface area (Å²) in [6.07, 6.45) is 1.91. The van der Waals surface area contributed by atoms with Crippen molar-refractivity contribution in [1.82, 2.24) is 5.32 Å². The Bertz CT molecular complexity index is 474. The third-order valence-corrected chi connectivity index (χ3v) is 3.69. The van der Waals surface area contributed by atoms with E-state index in [4.69, 9.17) is 4.74 Å². The van der Waals surface area contributed by atoms with Crippen LogP contribution in [0.25, 0.3) is 0 Å². The molecule has 0 saturated heterocycles. The van der Waals surface area contributed by atoms with E-state index in [-0.39, 0.29) is 11.8 Å². The molecule has 0 bridgehead atoms. The minimum absolute atomic E-state index is 0.156. The molecule has 1 aromatic rings. The summed E-state index contributed by atoms with van der Waals surface area (Å²) in [7, 11) is 1.69. The molecule has 1 aliphatic heterocycles. The van der Waals surface area contributed by atoms with Crippen LogP contribution in [0.4, 0.5) is 5.69 Å². The van der Waals surface area contributed by atoms with Gasteiger partial charge in [-0.2, -0.15) is 0 Å². The van der Waals surface area contributed by atoms with E-state index in [2.05, 4.69) is 17.6 Å². The first-order valence-corrected chi connectivity index (χ1v) is 7.28. The highest BCUT2D eigenvalue weighted by molar-refractivity contribution is 6.00. The van der Waals surface area contributed by atoms with Gasteiger partial charge >= 0.3 is 0 Å². The topological polar surface area (TPSA) is 50.4 Å². The number of hydrogen-bond donors (Lipinski definition) is 2. The first kappa shape index (κ1) is 15.0. The molecule has 110 valence electrons. The second-order valence-corrected chi connectivity index (χ2v) is 5.51. The largest absolute Gasteiger partial charge is 0.385 e. The lowest BCUT2D eigenvalue weighted by Crippen LogP contribution is -2.35. The smallest absolute Gasteiger partial charge is 0.179 e. The van der Waals surface area contributed by atoms with Crippen LogP contribution in [0.15, 0.2) is 18.2 Å². The first-order valence-electron chi connectivity index (χ1n) is 7.28. The van der Waals surface area contributed by atoms with E-state index in [1.807, 2.05) is 25.1 Å². The number of anilines is 1. The number of rotatable bonds is 7. The van der Waals surface area contributed by atoms with Gasteiger partial charge in [0.1, 0.15) is 0 Å². The van der Waals surface area contributed by atoms with E-state index >= 15 is 0 Å². The van der Waals surface area contributed by atoms with Gasteiger partial charge in [-0.25, -0.2) is 0 Å². The molecule has 0 spiro atoms. The van der Waals surface area contributed by atoms with Gasteiger partial charge in [0.05, 0.1) is 6.04 Å². The zero-order valence-electron chi connectivity index (χ0n) is 12.5. The molecule has 1 aromatic carbocycles. The molecule has 4 heteroatoms. The van der Waals surface area contributed by atoms with Crippen molar-refractivity contribution in [1.29, 1.82) is 0 Å². The van der Waals surface area contributed by atoms with Gasteiger partial charge < -0.3 is 15.4 Å². The second-order valence-electron chi connectivity index (χ2n) is 5.51. The number of ketones is 1. The zero-order chi connectivity index (χ0) is 14.5. The van der Waals surface area contributed by atoms with Crippen LogP contribution in [0.1, 0.15) is 36.2 Å². The van der Waals surface area contributed by atoms with Gasteiger partial charge in [-0.3, -0.25) is 4.79 Å². The van der Waals surface area contributed by atoms with Crippen LogP contribution in [0.2, 0.25) is 0 Å². The van der Waals surface area contributed by atoms with Crippen molar-refractivity contribution >= 4 is 11.5 Å². The van der Waals surface area contributed by atoms with E-state index in [1.165, 1.54) is 5.56 Å². The molecular formula is C16H24N2O2. The zero-order valence-corrected chi connectivity index (χ0v) is 12.5. The quantitative estimate of drug-likeness (QED) is 0.592. The molecule has 2 atom stereocenters. The summed E-state index contributed by atoms with van der Waals surface area (Å²) in [5, 5.41) is 6.65. The fourth-order valence-corrected chi connectivity index (χ4v) is 2.58. The number of carbonyl (C=O) groups is 1. The standard InChI is InChI=1S/C16H24N2O2/c1-11-9-14-10-13(5-6-15(14)18-11)16(19)12(2)17-7-4-8-20-3/h5-6,10-12,17-18H,4,7-9H2,1-3H3. The highest BCUT2D eigenvalue weighted by atomic mass is 16.5. The molecule has 20 heavy (non-hydrogen) atoms. The van der Waals surface area contributed by atoms with Crippen molar-refractivity contribution in [2.45, 2.75) is 38.8 Å². The number of hydrogen-bond acceptors (Lipinski definition) is 4. The minimum Gasteiger partial charge on any atom is -0.385 e. The number of benzene rings is 1. The fraction of sp³-hybridized carbons (Fsp3) is 0.562. The maximum Gasteiger partial charge on any atom is 0.179 e. The summed E-state index contributed by atoms with van der Waals surface area (Å²) in [4.78, 5) is 12.4. The van der Waals surface area contributed by atoms with Crippen LogP contribution in [0.3, 0.4) is 0 Å². The highest BCUT2D eigenvalue weighted by Crippen LogP contribution is 2.26. The second kappa shape index (κ2) is 6.86.